The molecule has 1 aromatic rings. The van der Waals surface area contributed by atoms with E-state index in [9.17, 15) is 9.59 Å². The van der Waals surface area contributed by atoms with E-state index in [2.05, 4.69) is 10.3 Å². The van der Waals surface area contributed by atoms with E-state index in [4.69, 9.17) is 4.74 Å². The number of aryl methyl sites for hydroxylation is 1. The largest absolute Gasteiger partial charge is 0.465 e. The van der Waals surface area contributed by atoms with Crippen LogP contribution in [0.1, 0.15) is 36.3 Å². The van der Waals surface area contributed by atoms with E-state index in [0.717, 1.165) is 28.5 Å². The lowest BCUT2D eigenvalue weighted by atomic mass is 10.1. The van der Waals surface area contributed by atoms with E-state index >= 15 is 0 Å². The number of aromatic nitrogens is 1. The van der Waals surface area contributed by atoms with Gasteiger partial charge in [0.1, 0.15) is 5.92 Å². The summed E-state index contributed by atoms with van der Waals surface area (Å²) in [5.41, 5.74) is 0.847. The molecule has 7 heteroatoms. The van der Waals surface area contributed by atoms with Crippen molar-refractivity contribution in [3.8, 4) is 0 Å². The molecule has 0 saturated heterocycles. The summed E-state index contributed by atoms with van der Waals surface area (Å²) in [5.74, 6) is -0.331. The molecule has 21 heavy (non-hydrogen) atoms. The molecule has 1 unspecified atom stereocenters. The predicted octanol–water partition coefficient (Wildman–Crippen LogP) is 1.63. The molecule has 1 heterocycles. The van der Waals surface area contributed by atoms with Crippen LogP contribution in [0, 0.1) is 0 Å². The molecular weight excluding hydrogens is 290 g/mol. The number of ether oxygens (including phenoxy) is 1. The Morgan fingerprint density at radius 2 is 2.24 bits per heavy atom. The zero-order valence-corrected chi connectivity index (χ0v) is 13.5. The summed E-state index contributed by atoms with van der Waals surface area (Å²) in [7, 11) is 3.48. The highest BCUT2D eigenvalue weighted by Crippen LogP contribution is 2.38. The maximum absolute atomic E-state index is 11.9. The molecule has 0 saturated carbocycles. The Labute approximate surface area is 128 Å². The number of hydrogen-bond acceptors (Lipinski definition) is 6. The normalized spacial score (nSPS) is 16.4. The molecule has 1 N–H and O–H groups in total. The second-order valence-electron chi connectivity index (χ2n) is 5.14. The molecular formula is C14H21N3O3S. The maximum atomic E-state index is 11.9. The van der Waals surface area contributed by atoms with Crippen molar-refractivity contribution in [1.29, 1.82) is 0 Å². The summed E-state index contributed by atoms with van der Waals surface area (Å²) in [6.07, 6.45) is 2.08. The molecule has 0 fully saturated rings. The molecule has 2 rings (SSSR count). The third kappa shape index (κ3) is 3.72. The van der Waals surface area contributed by atoms with Gasteiger partial charge in [-0.15, -0.1) is 11.3 Å². The van der Waals surface area contributed by atoms with Gasteiger partial charge in [-0.05, 0) is 19.8 Å². The molecule has 1 amide bonds. The number of hydrogen-bond donors (Lipinski definition) is 1. The number of fused-ring (bicyclic) bond motifs is 1. The van der Waals surface area contributed by atoms with Gasteiger partial charge in [-0.2, -0.15) is 0 Å². The third-order valence-electron chi connectivity index (χ3n) is 3.40. The van der Waals surface area contributed by atoms with E-state index < -0.39 is 0 Å². The zero-order valence-electron chi connectivity index (χ0n) is 12.6. The van der Waals surface area contributed by atoms with Crippen molar-refractivity contribution in [1.82, 2.24) is 9.88 Å². The van der Waals surface area contributed by atoms with Crippen molar-refractivity contribution in [3.63, 3.8) is 0 Å². The Morgan fingerprint density at radius 1 is 1.48 bits per heavy atom. The average molecular weight is 311 g/mol. The Bertz CT molecular complexity index is 528. The van der Waals surface area contributed by atoms with Crippen LogP contribution in [-0.2, 0) is 20.7 Å². The van der Waals surface area contributed by atoms with Crippen molar-refractivity contribution in [3.05, 3.63) is 10.6 Å². The Balaban J connectivity index is 1.92. The number of nitrogens with zero attached hydrogens (tertiary/aromatic N) is 2. The second kappa shape index (κ2) is 6.89. The van der Waals surface area contributed by atoms with Gasteiger partial charge >= 0.3 is 5.97 Å². The standard InChI is InChI=1S/C14H21N3O3S/c1-4-20-13(19)9-5-6-10-12(9)16-14(21-10)15-8-7-11(18)17(2)3/h9H,4-8H2,1-3H3,(H,15,16). The number of esters is 1. The van der Waals surface area contributed by atoms with Crippen molar-refractivity contribution >= 4 is 28.3 Å². The Morgan fingerprint density at radius 3 is 2.90 bits per heavy atom. The Hall–Kier alpha value is -1.63. The summed E-state index contributed by atoms with van der Waals surface area (Å²) < 4.78 is 5.09. The summed E-state index contributed by atoms with van der Waals surface area (Å²) in [6.45, 7) is 2.75. The van der Waals surface area contributed by atoms with E-state index in [-0.39, 0.29) is 17.8 Å². The van der Waals surface area contributed by atoms with E-state index in [0.29, 0.717) is 19.6 Å². The average Bonchev–Trinajstić information content (AvgIpc) is 2.98. The van der Waals surface area contributed by atoms with Crippen LogP contribution in [0.2, 0.25) is 0 Å². The van der Waals surface area contributed by atoms with E-state index in [1.165, 1.54) is 0 Å². The van der Waals surface area contributed by atoms with Crippen LogP contribution in [-0.4, -0.2) is 49.0 Å². The smallest absolute Gasteiger partial charge is 0.315 e. The lowest BCUT2D eigenvalue weighted by Gasteiger charge is -2.10. The lowest BCUT2D eigenvalue weighted by molar-refractivity contribution is -0.145. The number of thiazole rings is 1. The van der Waals surface area contributed by atoms with Gasteiger partial charge in [0.05, 0.1) is 12.3 Å². The fourth-order valence-corrected chi connectivity index (χ4v) is 3.34. The van der Waals surface area contributed by atoms with Crippen LogP contribution in [0.4, 0.5) is 5.13 Å². The van der Waals surface area contributed by atoms with Gasteiger partial charge in [0.2, 0.25) is 5.91 Å². The maximum Gasteiger partial charge on any atom is 0.315 e. The van der Waals surface area contributed by atoms with Crippen molar-refractivity contribution in [2.45, 2.75) is 32.1 Å². The molecule has 1 aliphatic rings. The third-order valence-corrected chi connectivity index (χ3v) is 4.49. The summed E-state index contributed by atoms with van der Waals surface area (Å²) >= 11 is 1.57. The molecule has 0 radical (unpaired) electrons. The van der Waals surface area contributed by atoms with Crippen LogP contribution in [0.5, 0.6) is 0 Å². The molecule has 116 valence electrons. The first-order valence-electron chi connectivity index (χ1n) is 7.13. The first-order chi connectivity index (χ1) is 10.0. The molecule has 1 aliphatic carbocycles. The number of amides is 1. The lowest BCUT2D eigenvalue weighted by Crippen LogP contribution is -2.23. The van der Waals surface area contributed by atoms with Crippen LogP contribution in [0.25, 0.3) is 0 Å². The first kappa shape index (κ1) is 15.8. The monoisotopic (exact) mass is 311 g/mol. The van der Waals surface area contributed by atoms with Gasteiger partial charge in [0, 0.05) is 31.9 Å². The molecule has 0 aliphatic heterocycles. The zero-order chi connectivity index (χ0) is 15.4. The highest BCUT2D eigenvalue weighted by molar-refractivity contribution is 7.15. The highest BCUT2D eigenvalue weighted by atomic mass is 32.1. The molecule has 6 nitrogen and oxygen atoms in total. The van der Waals surface area contributed by atoms with Gasteiger partial charge < -0.3 is 15.0 Å². The summed E-state index contributed by atoms with van der Waals surface area (Å²) in [5, 5.41) is 3.94. The van der Waals surface area contributed by atoms with Crippen LogP contribution < -0.4 is 5.32 Å². The van der Waals surface area contributed by atoms with E-state index in [1.54, 1.807) is 30.3 Å². The van der Waals surface area contributed by atoms with Gasteiger partial charge in [-0.3, -0.25) is 9.59 Å². The van der Waals surface area contributed by atoms with Crippen LogP contribution in [0.3, 0.4) is 0 Å². The van der Waals surface area contributed by atoms with Gasteiger partial charge in [0.15, 0.2) is 5.13 Å². The van der Waals surface area contributed by atoms with Crippen molar-refractivity contribution in [2.75, 3.05) is 32.6 Å². The van der Waals surface area contributed by atoms with Gasteiger partial charge in [0.25, 0.3) is 0 Å². The minimum absolute atomic E-state index is 0.0796. The topological polar surface area (TPSA) is 71.5 Å². The molecule has 0 spiro atoms. The number of anilines is 1. The summed E-state index contributed by atoms with van der Waals surface area (Å²) in [6, 6.07) is 0. The van der Waals surface area contributed by atoms with Gasteiger partial charge in [-0.1, -0.05) is 0 Å². The number of nitrogens with one attached hydrogen (secondary N) is 1. The number of carbonyl (C=O) groups excluding carboxylic acids is 2. The van der Waals surface area contributed by atoms with Crippen molar-refractivity contribution in [2.24, 2.45) is 0 Å². The molecule has 1 aromatic heterocycles. The van der Waals surface area contributed by atoms with Gasteiger partial charge in [-0.25, -0.2) is 4.98 Å². The van der Waals surface area contributed by atoms with E-state index in [1.807, 2.05) is 6.92 Å². The summed E-state index contributed by atoms with van der Waals surface area (Å²) in [4.78, 5) is 30.6. The number of rotatable bonds is 6. The van der Waals surface area contributed by atoms with Crippen LogP contribution >= 0.6 is 11.3 Å². The predicted molar refractivity (Wildman–Crippen MR) is 81.6 cm³/mol. The minimum atomic E-state index is -0.227. The first-order valence-corrected chi connectivity index (χ1v) is 7.94. The quantitative estimate of drug-likeness (QED) is 0.808. The number of carbonyl (C=O) groups is 2. The molecule has 0 aromatic carbocycles. The fraction of sp³-hybridized carbons (Fsp3) is 0.643. The minimum Gasteiger partial charge on any atom is -0.465 e. The molecule has 1 atom stereocenters. The van der Waals surface area contributed by atoms with Crippen molar-refractivity contribution < 1.29 is 14.3 Å². The SMILES string of the molecule is CCOC(=O)C1CCc2sc(NCCC(=O)N(C)C)nc21. The van der Waals surface area contributed by atoms with Crippen LogP contribution in [0.15, 0.2) is 0 Å². The fourth-order valence-electron chi connectivity index (χ4n) is 2.27. The highest BCUT2D eigenvalue weighted by Gasteiger charge is 2.33. The Kier molecular flexibility index (Phi) is 5.17. The second-order valence-corrected chi connectivity index (χ2v) is 6.22. The molecule has 0 bridgehead atoms.